The van der Waals surface area contributed by atoms with E-state index in [9.17, 15) is 14.9 Å². The molecule has 2 aliphatic rings. The fraction of sp³-hybridized carbons (Fsp3) is 0.100. The van der Waals surface area contributed by atoms with Crippen molar-refractivity contribution in [1.82, 2.24) is 10.2 Å². The summed E-state index contributed by atoms with van der Waals surface area (Å²) in [5.74, 6) is 0.317. The van der Waals surface area contributed by atoms with Crippen LogP contribution in [0.3, 0.4) is 0 Å². The molecule has 0 spiro atoms. The van der Waals surface area contributed by atoms with E-state index in [2.05, 4.69) is 15.5 Å². The molecule has 1 atom stereocenters. The zero-order valence-electron chi connectivity index (χ0n) is 14.3. The second-order valence-corrected chi connectivity index (χ2v) is 6.68. The van der Waals surface area contributed by atoms with Crippen molar-refractivity contribution in [1.29, 1.82) is 0 Å². The lowest BCUT2D eigenvalue weighted by molar-refractivity contribution is -0.384. The number of ketones is 1. The third kappa shape index (κ3) is 2.08. The lowest BCUT2D eigenvalue weighted by Crippen LogP contribution is -2.19. The second-order valence-electron chi connectivity index (χ2n) is 6.68. The maximum absolute atomic E-state index is 13.2. The van der Waals surface area contributed by atoms with Crippen LogP contribution in [0.15, 0.2) is 54.1 Å². The number of allylic oxidation sites excluding steroid dienone is 1. The highest BCUT2D eigenvalue weighted by atomic mass is 16.6. The third-order valence-electron chi connectivity index (χ3n) is 5.21. The van der Waals surface area contributed by atoms with Gasteiger partial charge in [-0.25, -0.2) is 0 Å². The van der Waals surface area contributed by atoms with Crippen LogP contribution in [0.4, 0.5) is 11.5 Å². The van der Waals surface area contributed by atoms with E-state index in [0.717, 1.165) is 28.1 Å². The van der Waals surface area contributed by atoms with Gasteiger partial charge in [0.05, 0.1) is 10.6 Å². The lowest BCUT2D eigenvalue weighted by Gasteiger charge is -2.26. The number of hydrogen-bond acceptors (Lipinski definition) is 5. The molecule has 3 aromatic rings. The Morgan fingerprint density at radius 2 is 1.78 bits per heavy atom. The molecule has 2 N–H and O–H groups in total. The van der Waals surface area contributed by atoms with E-state index in [1.165, 1.54) is 12.1 Å². The molecule has 0 fully saturated rings. The number of aromatic amines is 1. The summed E-state index contributed by atoms with van der Waals surface area (Å²) in [6, 6.07) is 13.9. The van der Waals surface area contributed by atoms with Crippen molar-refractivity contribution in [3.05, 3.63) is 92.2 Å². The largest absolute Gasteiger partial charge is 0.338 e. The van der Waals surface area contributed by atoms with Crippen molar-refractivity contribution in [3.63, 3.8) is 0 Å². The van der Waals surface area contributed by atoms with Gasteiger partial charge >= 0.3 is 0 Å². The molecule has 0 saturated heterocycles. The van der Waals surface area contributed by atoms with Crippen LogP contribution in [0.1, 0.15) is 38.7 Å². The zero-order valence-corrected chi connectivity index (χ0v) is 14.3. The van der Waals surface area contributed by atoms with Crippen LogP contribution < -0.4 is 5.32 Å². The van der Waals surface area contributed by atoms with Gasteiger partial charge in [-0.1, -0.05) is 36.4 Å². The van der Waals surface area contributed by atoms with Crippen LogP contribution >= 0.6 is 0 Å². The molecule has 1 aromatic heterocycles. The first-order valence-corrected chi connectivity index (χ1v) is 8.50. The topological polar surface area (TPSA) is 101 Å². The van der Waals surface area contributed by atoms with Gasteiger partial charge in [-0.05, 0) is 12.5 Å². The molecule has 2 heterocycles. The van der Waals surface area contributed by atoms with Crippen LogP contribution in [0.5, 0.6) is 0 Å². The molecular weight excluding hydrogens is 344 g/mol. The van der Waals surface area contributed by atoms with E-state index >= 15 is 0 Å². The van der Waals surface area contributed by atoms with Gasteiger partial charge in [-0.3, -0.25) is 20.0 Å². The standard InChI is InChI=1S/C20H14N4O3/c1-10-15-16(11-6-8-12(9-7-11)24(26)27)17-18(21-20(15)23-22-10)13-4-2-3-5-14(13)19(17)25/h2-9,16H,1H3,(H2,21,22,23). The van der Waals surface area contributed by atoms with Crippen LogP contribution in [0.25, 0.3) is 5.70 Å². The average molecular weight is 358 g/mol. The maximum Gasteiger partial charge on any atom is 0.269 e. The van der Waals surface area contributed by atoms with E-state index in [1.54, 1.807) is 12.1 Å². The van der Waals surface area contributed by atoms with E-state index in [0.29, 0.717) is 17.0 Å². The van der Waals surface area contributed by atoms with Crippen LogP contribution in [-0.4, -0.2) is 20.9 Å². The molecule has 5 rings (SSSR count). The van der Waals surface area contributed by atoms with Gasteiger partial charge in [0.2, 0.25) is 0 Å². The van der Waals surface area contributed by atoms with Crippen molar-refractivity contribution in [2.24, 2.45) is 0 Å². The normalized spacial score (nSPS) is 17.2. The van der Waals surface area contributed by atoms with Gasteiger partial charge in [0.25, 0.3) is 5.69 Å². The molecule has 132 valence electrons. The van der Waals surface area contributed by atoms with Crippen molar-refractivity contribution >= 4 is 23.0 Å². The van der Waals surface area contributed by atoms with Gasteiger partial charge in [-0.2, -0.15) is 5.10 Å². The first-order valence-electron chi connectivity index (χ1n) is 8.50. The van der Waals surface area contributed by atoms with Gasteiger partial charge in [0, 0.05) is 46.0 Å². The number of carbonyl (C=O) groups excluding carboxylic acids is 1. The summed E-state index contributed by atoms with van der Waals surface area (Å²) in [5, 5.41) is 21.6. The number of benzene rings is 2. The Hall–Kier alpha value is -3.74. The number of nitrogens with zero attached hydrogens (tertiary/aromatic N) is 2. The fourth-order valence-corrected chi connectivity index (χ4v) is 3.98. The molecule has 0 saturated carbocycles. The van der Waals surface area contributed by atoms with Crippen molar-refractivity contribution in [3.8, 4) is 0 Å². The fourth-order valence-electron chi connectivity index (χ4n) is 3.98. The molecule has 2 aromatic carbocycles. The number of aromatic nitrogens is 2. The molecule has 0 bridgehead atoms. The Labute approximate surface area is 153 Å². The summed E-state index contributed by atoms with van der Waals surface area (Å²) in [5.41, 5.74) is 5.53. The number of rotatable bonds is 2. The molecular formula is C20H14N4O3. The highest BCUT2D eigenvalue weighted by Crippen LogP contribution is 2.49. The quantitative estimate of drug-likeness (QED) is 0.536. The van der Waals surface area contributed by atoms with Gasteiger partial charge in [-0.15, -0.1) is 0 Å². The number of H-pyrrole nitrogens is 1. The summed E-state index contributed by atoms with van der Waals surface area (Å²) in [7, 11) is 0. The number of hydrogen-bond donors (Lipinski definition) is 2. The number of nitro groups is 1. The minimum Gasteiger partial charge on any atom is -0.338 e. The van der Waals surface area contributed by atoms with Crippen molar-refractivity contribution < 1.29 is 9.72 Å². The SMILES string of the molecule is Cc1[nH]nc2c1C(c1ccc([N+](=O)[O-])cc1)C1=C(N2)c2ccccc2C1=O. The van der Waals surface area contributed by atoms with Gasteiger partial charge in [0.1, 0.15) is 0 Å². The highest BCUT2D eigenvalue weighted by Gasteiger charge is 2.41. The predicted octanol–water partition coefficient (Wildman–Crippen LogP) is 3.79. The molecule has 7 nitrogen and oxygen atoms in total. The number of fused-ring (bicyclic) bond motifs is 3. The number of Topliss-reactive ketones (excluding diaryl/α,β-unsaturated/α-hetero) is 1. The number of anilines is 1. The summed E-state index contributed by atoms with van der Waals surface area (Å²) in [4.78, 5) is 23.8. The first kappa shape index (κ1) is 15.5. The number of nitrogens with one attached hydrogen (secondary N) is 2. The molecule has 1 aliphatic heterocycles. The Morgan fingerprint density at radius 1 is 1.07 bits per heavy atom. The molecule has 1 aliphatic carbocycles. The second kappa shape index (κ2) is 5.38. The Kier molecular flexibility index (Phi) is 3.09. The van der Waals surface area contributed by atoms with E-state index in [4.69, 9.17) is 0 Å². The first-order chi connectivity index (χ1) is 13.1. The molecule has 0 radical (unpaired) electrons. The predicted molar refractivity (Wildman–Crippen MR) is 99.6 cm³/mol. The van der Waals surface area contributed by atoms with Crippen LogP contribution in [0, 0.1) is 17.0 Å². The minimum absolute atomic E-state index is 0.0204. The third-order valence-corrected chi connectivity index (χ3v) is 5.21. The van der Waals surface area contributed by atoms with E-state index < -0.39 is 4.92 Å². The highest BCUT2D eigenvalue weighted by molar-refractivity contribution is 6.23. The smallest absolute Gasteiger partial charge is 0.269 e. The number of nitro benzene ring substituents is 1. The number of non-ortho nitro benzene ring substituents is 1. The summed E-state index contributed by atoms with van der Waals surface area (Å²) in [6.07, 6.45) is 0. The molecule has 1 unspecified atom stereocenters. The maximum atomic E-state index is 13.2. The van der Waals surface area contributed by atoms with E-state index in [1.807, 2.05) is 31.2 Å². The van der Waals surface area contributed by atoms with E-state index in [-0.39, 0.29) is 17.4 Å². The minimum atomic E-state index is -0.429. The molecule has 27 heavy (non-hydrogen) atoms. The molecule has 0 amide bonds. The van der Waals surface area contributed by atoms with Gasteiger partial charge in [0.15, 0.2) is 11.6 Å². The monoisotopic (exact) mass is 358 g/mol. The van der Waals surface area contributed by atoms with Crippen LogP contribution in [-0.2, 0) is 0 Å². The Balaban J connectivity index is 1.74. The Bertz CT molecular complexity index is 1160. The summed E-state index contributed by atoms with van der Waals surface area (Å²) in [6.45, 7) is 1.91. The lowest BCUT2D eigenvalue weighted by atomic mass is 9.81. The summed E-state index contributed by atoms with van der Waals surface area (Å²) >= 11 is 0. The van der Waals surface area contributed by atoms with Gasteiger partial charge < -0.3 is 5.32 Å². The van der Waals surface area contributed by atoms with Crippen molar-refractivity contribution in [2.45, 2.75) is 12.8 Å². The number of aryl methyl sites for hydroxylation is 1. The number of carbonyl (C=O) groups is 1. The average Bonchev–Trinajstić information content (AvgIpc) is 3.19. The molecule has 7 heteroatoms. The summed E-state index contributed by atoms with van der Waals surface area (Å²) < 4.78 is 0. The Morgan fingerprint density at radius 3 is 2.48 bits per heavy atom. The van der Waals surface area contributed by atoms with Crippen molar-refractivity contribution in [2.75, 3.05) is 5.32 Å². The zero-order chi connectivity index (χ0) is 18.7. The van der Waals surface area contributed by atoms with Crippen LogP contribution in [0.2, 0.25) is 0 Å².